The van der Waals surface area contributed by atoms with Crippen LogP contribution >= 0.6 is 0 Å². The number of aromatic amines is 1. The molecular formula is C19H18N2O3. The summed E-state index contributed by atoms with van der Waals surface area (Å²) in [7, 11) is 0. The fraction of sp³-hybridized carbons (Fsp3) is 0.158. The number of nitrogens with one attached hydrogen (secondary N) is 2. The van der Waals surface area contributed by atoms with Crippen molar-refractivity contribution in [2.45, 2.75) is 20.1 Å². The van der Waals surface area contributed by atoms with Gasteiger partial charge in [0.25, 0.3) is 5.56 Å². The Morgan fingerprint density at radius 1 is 1.12 bits per heavy atom. The van der Waals surface area contributed by atoms with Gasteiger partial charge in [0, 0.05) is 5.56 Å². The molecule has 0 radical (unpaired) electrons. The van der Waals surface area contributed by atoms with Gasteiger partial charge < -0.3 is 15.0 Å². The minimum absolute atomic E-state index is 0.118. The van der Waals surface area contributed by atoms with E-state index in [1.54, 1.807) is 6.07 Å². The number of carbonyl (C=O) groups is 1. The van der Waals surface area contributed by atoms with E-state index in [4.69, 9.17) is 4.74 Å². The molecule has 0 saturated carbocycles. The molecule has 0 spiro atoms. The van der Waals surface area contributed by atoms with Crippen molar-refractivity contribution in [1.29, 1.82) is 0 Å². The standard InChI is InChI=1S/C19H18N2O3/c1-13-6-5-9-15-10-16(18(22)21-17(13)15)11-20-19(23)24-12-14-7-3-2-4-8-14/h2-10H,11-12H2,1H3,(H,20,23)(H,21,22). The zero-order valence-corrected chi connectivity index (χ0v) is 13.3. The van der Waals surface area contributed by atoms with E-state index in [9.17, 15) is 9.59 Å². The van der Waals surface area contributed by atoms with Crippen LogP contribution in [-0.4, -0.2) is 11.1 Å². The van der Waals surface area contributed by atoms with Crippen LogP contribution in [0.15, 0.2) is 59.4 Å². The predicted molar refractivity (Wildman–Crippen MR) is 92.8 cm³/mol. The average Bonchev–Trinajstić information content (AvgIpc) is 2.60. The van der Waals surface area contributed by atoms with E-state index in [2.05, 4.69) is 10.3 Å². The Hall–Kier alpha value is -3.08. The second kappa shape index (κ2) is 7.00. The van der Waals surface area contributed by atoms with Crippen molar-refractivity contribution in [2.24, 2.45) is 0 Å². The largest absolute Gasteiger partial charge is 0.445 e. The lowest BCUT2D eigenvalue weighted by Gasteiger charge is -2.08. The van der Waals surface area contributed by atoms with Crippen LogP contribution < -0.4 is 10.9 Å². The van der Waals surface area contributed by atoms with Gasteiger partial charge in [0.15, 0.2) is 0 Å². The summed E-state index contributed by atoms with van der Waals surface area (Å²) in [5.41, 5.74) is 3.01. The molecule has 5 heteroatoms. The molecule has 2 aromatic carbocycles. The molecule has 0 aliphatic carbocycles. The monoisotopic (exact) mass is 322 g/mol. The van der Waals surface area contributed by atoms with Crippen LogP contribution in [0.4, 0.5) is 4.79 Å². The highest BCUT2D eigenvalue weighted by Gasteiger charge is 2.07. The van der Waals surface area contributed by atoms with Gasteiger partial charge in [-0.2, -0.15) is 0 Å². The van der Waals surface area contributed by atoms with E-state index < -0.39 is 6.09 Å². The molecular weight excluding hydrogens is 304 g/mol. The Labute approximate surface area is 139 Å². The second-order valence-corrected chi connectivity index (χ2v) is 5.58. The second-order valence-electron chi connectivity index (χ2n) is 5.58. The number of amides is 1. The van der Waals surface area contributed by atoms with Gasteiger partial charge in [-0.25, -0.2) is 4.79 Å². The number of rotatable bonds is 4. The molecule has 1 amide bonds. The molecule has 5 nitrogen and oxygen atoms in total. The molecule has 0 aliphatic rings. The fourth-order valence-electron chi connectivity index (χ4n) is 2.50. The Morgan fingerprint density at radius 3 is 2.71 bits per heavy atom. The number of pyridine rings is 1. The quantitative estimate of drug-likeness (QED) is 0.774. The van der Waals surface area contributed by atoms with Crippen LogP contribution in [0, 0.1) is 6.92 Å². The first-order valence-corrected chi connectivity index (χ1v) is 7.69. The lowest BCUT2D eigenvalue weighted by molar-refractivity contribution is 0.139. The average molecular weight is 322 g/mol. The molecule has 3 aromatic rings. The normalized spacial score (nSPS) is 10.5. The number of carbonyl (C=O) groups excluding carboxylic acids is 1. The third-order valence-corrected chi connectivity index (χ3v) is 3.80. The molecule has 0 saturated heterocycles. The molecule has 0 bridgehead atoms. The van der Waals surface area contributed by atoms with Gasteiger partial charge >= 0.3 is 6.09 Å². The van der Waals surface area contributed by atoms with Gasteiger partial charge in [-0.3, -0.25) is 4.79 Å². The van der Waals surface area contributed by atoms with E-state index in [0.29, 0.717) is 5.56 Å². The van der Waals surface area contributed by atoms with Crippen LogP contribution in [0.1, 0.15) is 16.7 Å². The smallest absolute Gasteiger partial charge is 0.407 e. The number of para-hydroxylation sites is 1. The number of fused-ring (bicyclic) bond motifs is 1. The Balaban J connectivity index is 1.64. The maximum absolute atomic E-state index is 12.1. The van der Waals surface area contributed by atoms with E-state index in [0.717, 1.165) is 22.0 Å². The van der Waals surface area contributed by atoms with Gasteiger partial charge in [0.05, 0.1) is 12.1 Å². The van der Waals surface area contributed by atoms with Crippen LogP contribution in [0.2, 0.25) is 0 Å². The molecule has 24 heavy (non-hydrogen) atoms. The van der Waals surface area contributed by atoms with Gasteiger partial charge in [-0.1, -0.05) is 48.5 Å². The number of alkyl carbamates (subject to hydrolysis) is 1. The lowest BCUT2D eigenvalue weighted by atomic mass is 10.1. The topological polar surface area (TPSA) is 71.2 Å². The van der Waals surface area contributed by atoms with Crippen LogP contribution in [0.3, 0.4) is 0 Å². The van der Waals surface area contributed by atoms with Crippen molar-refractivity contribution >= 4 is 17.0 Å². The van der Waals surface area contributed by atoms with Crippen molar-refractivity contribution in [1.82, 2.24) is 10.3 Å². The zero-order chi connectivity index (χ0) is 16.9. The molecule has 2 N–H and O–H groups in total. The first-order chi connectivity index (χ1) is 11.6. The fourth-order valence-corrected chi connectivity index (χ4v) is 2.50. The highest BCUT2D eigenvalue weighted by atomic mass is 16.5. The molecule has 0 atom stereocenters. The van der Waals surface area contributed by atoms with Crippen molar-refractivity contribution in [3.8, 4) is 0 Å². The minimum atomic E-state index is -0.553. The van der Waals surface area contributed by atoms with E-state index >= 15 is 0 Å². The molecule has 122 valence electrons. The zero-order valence-electron chi connectivity index (χ0n) is 13.3. The molecule has 1 aromatic heterocycles. The number of ether oxygens (including phenoxy) is 1. The van der Waals surface area contributed by atoms with E-state index in [-0.39, 0.29) is 18.7 Å². The highest BCUT2D eigenvalue weighted by Crippen LogP contribution is 2.14. The van der Waals surface area contributed by atoms with Crippen LogP contribution in [0.5, 0.6) is 0 Å². The van der Waals surface area contributed by atoms with Gasteiger partial charge in [-0.05, 0) is 29.5 Å². The Bertz CT molecular complexity index is 917. The summed E-state index contributed by atoms with van der Waals surface area (Å²) in [6, 6.07) is 17.0. The third-order valence-electron chi connectivity index (χ3n) is 3.80. The lowest BCUT2D eigenvalue weighted by Crippen LogP contribution is -2.27. The summed E-state index contributed by atoms with van der Waals surface area (Å²) in [6.45, 7) is 2.25. The molecule has 0 fully saturated rings. The van der Waals surface area contributed by atoms with E-state index in [1.165, 1.54) is 0 Å². The van der Waals surface area contributed by atoms with E-state index in [1.807, 2.05) is 55.5 Å². The summed E-state index contributed by atoms with van der Waals surface area (Å²) in [6.07, 6.45) is -0.553. The first kappa shape index (κ1) is 15.8. The number of aromatic nitrogens is 1. The molecule has 0 unspecified atom stereocenters. The molecule has 3 rings (SSSR count). The van der Waals surface area contributed by atoms with Gasteiger partial charge in [-0.15, -0.1) is 0 Å². The number of benzene rings is 2. The highest BCUT2D eigenvalue weighted by molar-refractivity contribution is 5.82. The van der Waals surface area contributed by atoms with Crippen molar-refractivity contribution < 1.29 is 9.53 Å². The summed E-state index contributed by atoms with van der Waals surface area (Å²) in [5.74, 6) is 0. The molecule has 0 aliphatic heterocycles. The summed E-state index contributed by atoms with van der Waals surface area (Å²) >= 11 is 0. The first-order valence-electron chi connectivity index (χ1n) is 7.69. The van der Waals surface area contributed by atoms with Crippen LogP contribution in [0.25, 0.3) is 10.9 Å². The molecule has 1 heterocycles. The summed E-state index contributed by atoms with van der Waals surface area (Å²) in [4.78, 5) is 26.8. The third kappa shape index (κ3) is 3.63. The van der Waals surface area contributed by atoms with Crippen molar-refractivity contribution in [3.63, 3.8) is 0 Å². The summed E-state index contributed by atoms with van der Waals surface area (Å²) < 4.78 is 5.13. The Kier molecular flexibility index (Phi) is 4.61. The van der Waals surface area contributed by atoms with Gasteiger partial charge in [0.2, 0.25) is 0 Å². The maximum Gasteiger partial charge on any atom is 0.407 e. The van der Waals surface area contributed by atoms with Gasteiger partial charge in [0.1, 0.15) is 6.61 Å². The van der Waals surface area contributed by atoms with Crippen molar-refractivity contribution in [3.05, 3.63) is 81.6 Å². The van der Waals surface area contributed by atoms with Crippen molar-refractivity contribution in [2.75, 3.05) is 0 Å². The Morgan fingerprint density at radius 2 is 1.92 bits per heavy atom. The predicted octanol–water partition coefficient (Wildman–Crippen LogP) is 3.26. The minimum Gasteiger partial charge on any atom is -0.445 e. The number of hydrogen-bond donors (Lipinski definition) is 2. The maximum atomic E-state index is 12.1. The van der Waals surface area contributed by atoms with Crippen LogP contribution in [-0.2, 0) is 17.9 Å². The summed E-state index contributed by atoms with van der Waals surface area (Å²) in [5, 5.41) is 3.54. The number of hydrogen-bond acceptors (Lipinski definition) is 3. The number of H-pyrrole nitrogens is 1. The SMILES string of the molecule is Cc1cccc2cc(CNC(=O)OCc3ccccc3)c(=O)[nH]c12. The number of aryl methyl sites for hydroxylation is 1.